The number of carbonyl (C=O) groups is 1. The van der Waals surface area contributed by atoms with Crippen molar-refractivity contribution < 1.29 is 9.53 Å². The molecule has 0 N–H and O–H groups in total. The first kappa shape index (κ1) is 17.6. The molecule has 3 aromatic rings. The average molecular weight is 382 g/mol. The second kappa shape index (κ2) is 6.74. The number of hydrogen-bond donors (Lipinski definition) is 0. The van der Waals surface area contributed by atoms with Crippen LogP contribution in [0.5, 0.6) is 5.75 Å². The molecule has 2 aromatic carbocycles. The third kappa shape index (κ3) is 2.70. The standard InChI is InChI=1S/C21H20ClN3O2/c1-4-17-15-11-13(20-16(22)12-23-24(20)2)9-10-14(15)21(26)25(17)18-7-5-6-8-19(18)27-3/h5-12,17H,4H2,1-3H3. The number of ether oxygens (including phenoxy) is 1. The van der Waals surface area contributed by atoms with E-state index < -0.39 is 0 Å². The SMILES string of the molecule is CCC1c2cc(-c3c(Cl)cnn3C)ccc2C(=O)N1c1ccccc1OC. The highest BCUT2D eigenvalue weighted by Gasteiger charge is 2.38. The van der Waals surface area contributed by atoms with Gasteiger partial charge in [0, 0.05) is 18.2 Å². The third-order valence-corrected chi connectivity index (χ3v) is 5.35. The Hall–Kier alpha value is -2.79. The van der Waals surface area contributed by atoms with Crippen LogP contribution in [-0.2, 0) is 7.05 Å². The second-order valence-electron chi connectivity index (χ2n) is 6.54. The summed E-state index contributed by atoms with van der Waals surface area (Å²) in [5.41, 5.74) is 4.30. The Kier molecular flexibility index (Phi) is 4.40. The summed E-state index contributed by atoms with van der Waals surface area (Å²) in [5, 5.41) is 4.81. The summed E-state index contributed by atoms with van der Waals surface area (Å²) in [6, 6.07) is 13.4. The number of hydrogen-bond acceptors (Lipinski definition) is 3. The molecule has 4 rings (SSSR count). The van der Waals surface area contributed by atoms with Gasteiger partial charge in [0.1, 0.15) is 5.75 Å². The van der Waals surface area contributed by atoms with Crippen molar-refractivity contribution in [2.45, 2.75) is 19.4 Å². The van der Waals surface area contributed by atoms with Gasteiger partial charge in [-0.25, -0.2) is 0 Å². The topological polar surface area (TPSA) is 47.4 Å². The van der Waals surface area contributed by atoms with Crippen molar-refractivity contribution in [3.05, 3.63) is 64.8 Å². The number of amides is 1. The van der Waals surface area contributed by atoms with Crippen LogP contribution < -0.4 is 9.64 Å². The van der Waals surface area contributed by atoms with Crippen molar-refractivity contribution >= 4 is 23.2 Å². The number of methoxy groups -OCH3 is 1. The minimum absolute atomic E-state index is 0.0102. The third-order valence-electron chi connectivity index (χ3n) is 5.07. The van der Waals surface area contributed by atoms with Crippen LogP contribution in [-0.4, -0.2) is 22.8 Å². The van der Waals surface area contributed by atoms with Crippen LogP contribution in [0.15, 0.2) is 48.7 Å². The monoisotopic (exact) mass is 381 g/mol. The predicted octanol–water partition coefficient (Wildman–Crippen LogP) is 4.86. The van der Waals surface area contributed by atoms with E-state index >= 15 is 0 Å². The molecule has 5 nitrogen and oxygen atoms in total. The summed E-state index contributed by atoms with van der Waals surface area (Å²) < 4.78 is 7.24. The molecule has 0 aliphatic carbocycles. The fraction of sp³-hybridized carbons (Fsp3) is 0.238. The Balaban J connectivity index is 1.84. The van der Waals surface area contributed by atoms with E-state index in [2.05, 4.69) is 18.1 Å². The molecule has 1 aromatic heterocycles. The van der Waals surface area contributed by atoms with E-state index in [4.69, 9.17) is 16.3 Å². The molecule has 0 fully saturated rings. The molecule has 0 saturated carbocycles. The number of anilines is 1. The zero-order chi connectivity index (χ0) is 19.1. The highest BCUT2D eigenvalue weighted by atomic mass is 35.5. The molecular formula is C21H20ClN3O2. The van der Waals surface area contributed by atoms with Crippen LogP contribution in [0.1, 0.15) is 35.3 Å². The highest BCUT2D eigenvalue weighted by Crippen LogP contribution is 2.44. The van der Waals surface area contributed by atoms with Crippen molar-refractivity contribution in [3.8, 4) is 17.0 Å². The number of nitrogens with zero attached hydrogens (tertiary/aromatic N) is 3. The van der Waals surface area contributed by atoms with E-state index in [1.165, 1.54) is 0 Å². The smallest absolute Gasteiger partial charge is 0.259 e. The van der Waals surface area contributed by atoms with Crippen molar-refractivity contribution in [3.63, 3.8) is 0 Å². The first-order valence-corrected chi connectivity index (χ1v) is 9.23. The van der Waals surface area contributed by atoms with E-state index in [0.29, 0.717) is 10.8 Å². The van der Waals surface area contributed by atoms with Gasteiger partial charge in [-0.3, -0.25) is 14.4 Å². The zero-order valence-electron chi connectivity index (χ0n) is 15.4. The normalized spacial score (nSPS) is 15.9. The van der Waals surface area contributed by atoms with E-state index in [1.807, 2.05) is 48.3 Å². The summed E-state index contributed by atoms with van der Waals surface area (Å²) in [6.45, 7) is 2.08. The van der Waals surface area contributed by atoms with E-state index in [-0.39, 0.29) is 11.9 Å². The first-order valence-electron chi connectivity index (χ1n) is 8.85. The molecule has 0 radical (unpaired) electrons. The van der Waals surface area contributed by atoms with Crippen molar-refractivity contribution in [2.75, 3.05) is 12.0 Å². The van der Waals surface area contributed by atoms with Crippen LogP contribution in [0, 0.1) is 0 Å². The van der Waals surface area contributed by atoms with Gasteiger partial charge in [-0.15, -0.1) is 0 Å². The number of aryl methyl sites for hydroxylation is 1. The van der Waals surface area contributed by atoms with Crippen LogP contribution in [0.4, 0.5) is 5.69 Å². The lowest BCUT2D eigenvalue weighted by Crippen LogP contribution is -2.27. The van der Waals surface area contributed by atoms with E-state index in [0.717, 1.165) is 34.5 Å². The fourth-order valence-electron chi connectivity index (χ4n) is 3.83. The van der Waals surface area contributed by atoms with Crippen molar-refractivity contribution in [2.24, 2.45) is 7.05 Å². The van der Waals surface area contributed by atoms with Gasteiger partial charge in [-0.1, -0.05) is 36.7 Å². The molecule has 1 atom stereocenters. The number of para-hydroxylation sites is 2. The number of benzene rings is 2. The quantitative estimate of drug-likeness (QED) is 0.648. The lowest BCUT2D eigenvalue weighted by atomic mass is 9.98. The minimum Gasteiger partial charge on any atom is -0.495 e. The van der Waals surface area contributed by atoms with Gasteiger partial charge in [0.15, 0.2) is 0 Å². The summed E-state index contributed by atoms with van der Waals surface area (Å²) in [5.74, 6) is 0.677. The van der Waals surface area contributed by atoms with Gasteiger partial charge in [0.25, 0.3) is 5.91 Å². The zero-order valence-corrected chi connectivity index (χ0v) is 16.2. The molecule has 1 unspecified atom stereocenters. The Bertz CT molecular complexity index is 1010. The van der Waals surface area contributed by atoms with Gasteiger partial charge >= 0.3 is 0 Å². The van der Waals surface area contributed by atoms with E-state index in [1.54, 1.807) is 18.0 Å². The molecule has 0 spiro atoms. The Morgan fingerprint density at radius 1 is 1.22 bits per heavy atom. The number of fused-ring (bicyclic) bond motifs is 1. The number of halogens is 1. The molecule has 27 heavy (non-hydrogen) atoms. The Morgan fingerprint density at radius 2 is 2.00 bits per heavy atom. The molecule has 1 amide bonds. The van der Waals surface area contributed by atoms with Gasteiger partial charge in [-0.2, -0.15) is 5.10 Å². The van der Waals surface area contributed by atoms with Gasteiger partial charge in [0.05, 0.1) is 35.8 Å². The second-order valence-corrected chi connectivity index (χ2v) is 6.95. The van der Waals surface area contributed by atoms with Gasteiger partial charge in [0.2, 0.25) is 0 Å². The maximum absolute atomic E-state index is 13.2. The van der Waals surface area contributed by atoms with Crippen LogP contribution in [0.25, 0.3) is 11.3 Å². The average Bonchev–Trinajstić information content (AvgIpc) is 3.17. The fourth-order valence-corrected chi connectivity index (χ4v) is 4.11. The molecule has 2 heterocycles. The number of aromatic nitrogens is 2. The van der Waals surface area contributed by atoms with Gasteiger partial charge in [-0.05, 0) is 36.2 Å². The number of rotatable bonds is 4. The van der Waals surface area contributed by atoms with E-state index in [9.17, 15) is 4.79 Å². The van der Waals surface area contributed by atoms with Crippen LogP contribution in [0.3, 0.4) is 0 Å². The lowest BCUT2D eigenvalue weighted by molar-refractivity contribution is 0.0990. The largest absolute Gasteiger partial charge is 0.495 e. The minimum atomic E-state index is -0.0595. The molecule has 6 heteroatoms. The highest BCUT2D eigenvalue weighted by molar-refractivity contribution is 6.33. The van der Waals surface area contributed by atoms with Crippen LogP contribution in [0.2, 0.25) is 5.02 Å². The first-order chi connectivity index (χ1) is 13.1. The molecule has 1 aliphatic rings. The Labute approximate surface area is 163 Å². The number of carbonyl (C=O) groups excluding carboxylic acids is 1. The summed E-state index contributed by atoms with van der Waals surface area (Å²) in [7, 11) is 3.48. The molecule has 138 valence electrons. The van der Waals surface area contributed by atoms with Crippen molar-refractivity contribution in [1.82, 2.24) is 9.78 Å². The summed E-state index contributed by atoms with van der Waals surface area (Å²) in [4.78, 5) is 15.0. The molecule has 0 saturated heterocycles. The molecular weight excluding hydrogens is 362 g/mol. The van der Waals surface area contributed by atoms with Crippen molar-refractivity contribution in [1.29, 1.82) is 0 Å². The van der Waals surface area contributed by atoms with Gasteiger partial charge < -0.3 is 4.74 Å². The summed E-state index contributed by atoms with van der Waals surface area (Å²) in [6.07, 6.45) is 2.42. The summed E-state index contributed by atoms with van der Waals surface area (Å²) >= 11 is 6.32. The Morgan fingerprint density at radius 3 is 2.67 bits per heavy atom. The predicted molar refractivity (Wildman–Crippen MR) is 106 cm³/mol. The maximum atomic E-state index is 13.2. The molecule has 1 aliphatic heterocycles. The van der Waals surface area contributed by atoms with Crippen LogP contribution >= 0.6 is 11.6 Å². The molecule has 0 bridgehead atoms. The lowest BCUT2D eigenvalue weighted by Gasteiger charge is -2.26. The maximum Gasteiger partial charge on any atom is 0.259 e.